The van der Waals surface area contributed by atoms with Crippen molar-refractivity contribution in [3.8, 4) is 11.3 Å². The molecule has 0 saturated carbocycles. The van der Waals surface area contributed by atoms with E-state index in [-0.39, 0.29) is 24.8 Å². The van der Waals surface area contributed by atoms with Crippen LogP contribution in [0, 0.1) is 5.92 Å². The zero-order valence-electron chi connectivity index (χ0n) is 32.3. The number of hydrogen-bond donors (Lipinski definition) is 3. The van der Waals surface area contributed by atoms with Crippen LogP contribution >= 0.6 is 11.6 Å². The number of rotatable bonds is 9. The molecule has 3 N–H and O–H groups in total. The number of carbonyl (C=O) groups excluding carboxylic acids is 5. The molecule has 1 unspecified atom stereocenters. The highest BCUT2D eigenvalue weighted by atomic mass is 35.5. The van der Waals surface area contributed by atoms with Crippen LogP contribution in [0.2, 0.25) is 5.02 Å². The number of H-pyrrole nitrogens is 1. The molecule has 2 aromatic heterocycles. The van der Waals surface area contributed by atoms with Crippen molar-refractivity contribution in [2.75, 3.05) is 75.7 Å². The van der Waals surface area contributed by atoms with E-state index in [1.54, 1.807) is 18.3 Å². The Bertz CT molecular complexity index is 2270. The summed E-state index contributed by atoms with van der Waals surface area (Å²) in [4.78, 5) is 86.6. The third-order valence-corrected chi connectivity index (χ3v) is 12.7. The van der Waals surface area contributed by atoms with E-state index in [0.717, 1.165) is 112 Å². The van der Waals surface area contributed by atoms with Gasteiger partial charge < -0.3 is 20.1 Å². The Balaban J connectivity index is 0.721. The highest BCUT2D eigenvalue weighted by Crippen LogP contribution is 2.34. The number of anilines is 2. The second-order valence-corrected chi connectivity index (χ2v) is 16.6. The van der Waals surface area contributed by atoms with Gasteiger partial charge in [-0.2, -0.15) is 0 Å². The molecule has 0 radical (unpaired) electrons. The van der Waals surface area contributed by atoms with Gasteiger partial charge in [-0.1, -0.05) is 29.8 Å². The van der Waals surface area contributed by atoms with E-state index in [1.165, 1.54) is 0 Å². The van der Waals surface area contributed by atoms with Crippen molar-refractivity contribution >= 4 is 63.7 Å². The van der Waals surface area contributed by atoms with Crippen LogP contribution < -0.4 is 15.5 Å². The second-order valence-electron chi connectivity index (χ2n) is 16.1. The monoisotopic (exact) mass is 806 g/mol. The van der Waals surface area contributed by atoms with E-state index in [4.69, 9.17) is 16.6 Å². The van der Waals surface area contributed by atoms with Crippen LogP contribution in [0.15, 0.2) is 54.9 Å². The van der Waals surface area contributed by atoms with Crippen molar-refractivity contribution < 1.29 is 24.0 Å². The summed E-state index contributed by atoms with van der Waals surface area (Å²) in [6.07, 6.45) is 7.71. The van der Waals surface area contributed by atoms with Gasteiger partial charge in [0.1, 0.15) is 6.04 Å². The summed E-state index contributed by atoms with van der Waals surface area (Å²) in [6.45, 7) is 7.89. The minimum Gasteiger partial charge on any atom is -0.369 e. The van der Waals surface area contributed by atoms with E-state index in [0.29, 0.717) is 40.3 Å². The smallest absolute Gasteiger partial charge is 0.262 e. The molecule has 16 heteroatoms. The standard InChI is InChI=1S/C42H47ClN10O5/c43-33-22-45-42(48-38(33)32-21-44-34-6-2-1-5-29(32)34)46-27-4-3-13-50(24-27)25-37(55)52-14-11-26(12-15-52)23-49-16-18-51(19-17-49)28-7-8-30-31(20-28)41(58)53(40(30)57)35-9-10-36(54)47-39(35)56/h1-2,5-8,20-22,26-27,35,44H,3-4,9-19,23-25H2,(H,45,46,48)(H,47,54,56)/t27-,35?/m1/s1. The van der Waals surface area contributed by atoms with Gasteiger partial charge >= 0.3 is 0 Å². The maximum atomic E-state index is 13.5. The lowest BCUT2D eigenvalue weighted by atomic mass is 9.95. The molecule has 15 nitrogen and oxygen atoms in total. The summed E-state index contributed by atoms with van der Waals surface area (Å²) >= 11 is 6.56. The summed E-state index contributed by atoms with van der Waals surface area (Å²) in [5.74, 6) is -0.740. The maximum Gasteiger partial charge on any atom is 0.262 e. The van der Waals surface area contributed by atoms with Gasteiger partial charge in [-0.25, -0.2) is 9.97 Å². The molecule has 0 spiro atoms. The first-order chi connectivity index (χ1) is 28.2. The number of nitrogens with zero attached hydrogens (tertiary/aromatic N) is 7. The Morgan fingerprint density at radius 3 is 2.47 bits per heavy atom. The van der Waals surface area contributed by atoms with Crippen molar-refractivity contribution in [1.29, 1.82) is 0 Å². The minimum absolute atomic E-state index is 0.0906. The number of hydrogen-bond acceptors (Lipinski definition) is 11. The molecule has 7 heterocycles. The van der Waals surface area contributed by atoms with Gasteiger partial charge in [0.15, 0.2) is 0 Å². The van der Waals surface area contributed by atoms with Gasteiger partial charge in [0, 0.05) is 93.2 Å². The molecule has 4 fully saturated rings. The summed E-state index contributed by atoms with van der Waals surface area (Å²) < 4.78 is 0. The average Bonchev–Trinajstić information content (AvgIpc) is 3.77. The summed E-state index contributed by atoms with van der Waals surface area (Å²) in [7, 11) is 0. The Labute approximate surface area is 341 Å². The van der Waals surface area contributed by atoms with Gasteiger partial charge in [-0.15, -0.1) is 0 Å². The van der Waals surface area contributed by atoms with Crippen LogP contribution in [0.4, 0.5) is 11.6 Å². The number of amides is 5. The fraction of sp³-hybridized carbons (Fsp3) is 0.452. The van der Waals surface area contributed by atoms with Crippen molar-refractivity contribution in [3.63, 3.8) is 0 Å². The summed E-state index contributed by atoms with van der Waals surface area (Å²) in [5, 5.41) is 7.30. The number of carbonyl (C=O) groups is 5. The molecule has 5 aliphatic rings. The average molecular weight is 807 g/mol. The van der Waals surface area contributed by atoms with Crippen molar-refractivity contribution in [1.82, 2.24) is 39.9 Å². The number of piperazine rings is 1. The largest absolute Gasteiger partial charge is 0.369 e. The van der Waals surface area contributed by atoms with E-state index in [1.807, 2.05) is 41.4 Å². The van der Waals surface area contributed by atoms with Crippen LogP contribution in [-0.2, 0) is 14.4 Å². The molecule has 2 aromatic carbocycles. The van der Waals surface area contributed by atoms with Crippen molar-refractivity contribution in [3.05, 3.63) is 71.0 Å². The normalized spacial score (nSPS) is 22.5. The molecular formula is C42H47ClN10O5. The lowest BCUT2D eigenvalue weighted by Gasteiger charge is -2.40. The van der Waals surface area contributed by atoms with Gasteiger partial charge in [-0.3, -0.25) is 44.0 Å². The van der Waals surface area contributed by atoms with Crippen LogP contribution in [0.1, 0.15) is 59.2 Å². The molecule has 2 atom stereocenters. The fourth-order valence-corrected chi connectivity index (χ4v) is 9.45. The zero-order chi connectivity index (χ0) is 39.9. The number of benzene rings is 2. The first-order valence-corrected chi connectivity index (χ1v) is 20.7. The number of halogens is 1. The molecule has 5 aliphatic heterocycles. The van der Waals surface area contributed by atoms with Gasteiger partial charge in [0.2, 0.25) is 23.7 Å². The molecule has 0 bridgehead atoms. The van der Waals surface area contributed by atoms with Crippen molar-refractivity contribution in [2.24, 2.45) is 5.92 Å². The minimum atomic E-state index is -0.975. The number of fused-ring (bicyclic) bond motifs is 2. The molecule has 9 rings (SSSR count). The molecule has 58 heavy (non-hydrogen) atoms. The molecule has 4 aromatic rings. The predicted molar refractivity (Wildman–Crippen MR) is 218 cm³/mol. The number of para-hydroxylation sites is 1. The zero-order valence-corrected chi connectivity index (χ0v) is 33.0. The first kappa shape index (κ1) is 38.2. The Morgan fingerprint density at radius 2 is 1.66 bits per heavy atom. The Kier molecular flexibility index (Phi) is 10.6. The third kappa shape index (κ3) is 7.65. The first-order valence-electron chi connectivity index (χ1n) is 20.4. The number of nitrogens with one attached hydrogen (secondary N) is 3. The molecule has 5 amide bonds. The van der Waals surface area contributed by atoms with Gasteiger partial charge in [-0.05, 0) is 68.8 Å². The van der Waals surface area contributed by atoms with Crippen LogP contribution in [0.3, 0.4) is 0 Å². The Hall–Kier alpha value is -5.38. The number of aromatic amines is 1. The van der Waals surface area contributed by atoms with E-state index >= 15 is 0 Å². The maximum absolute atomic E-state index is 13.5. The topological polar surface area (TPSA) is 167 Å². The van der Waals surface area contributed by atoms with Crippen LogP contribution in [0.25, 0.3) is 22.2 Å². The van der Waals surface area contributed by atoms with E-state index in [2.05, 4.69) is 35.3 Å². The Morgan fingerprint density at radius 1 is 0.862 bits per heavy atom. The lowest BCUT2D eigenvalue weighted by molar-refractivity contribution is -0.136. The van der Waals surface area contributed by atoms with E-state index < -0.39 is 29.7 Å². The summed E-state index contributed by atoms with van der Waals surface area (Å²) in [5.41, 5.74) is 4.11. The fourth-order valence-electron chi connectivity index (χ4n) is 9.26. The number of likely N-dealkylation sites (tertiary alicyclic amines) is 2. The lowest BCUT2D eigenvalue weighted by Crippen LogP contribution is -2.54. The number of piperidine rings is 3. The quantitative estimate of drug-likeness (QED) is 0.212. The number of imide groups is 2. The number of aromatic nitrogens is 3. The van der Waals surface area contributed by atoms with Gasteiger partial charge in [0.25, 0.3) is 11.8 Å². The predicted octanol–water partition coefficient (Wildman–Crippen LogP) is 3.62. The van der Waals surface area contributed by atoms with Crippen LogP contribution in [-0.4, -0.2) is 142 Å². The SMILES string of the molecule is O=C1CCC(N2C(=O)c3ccc(N4CCN(CC5CCN(C(=O)CN6CCC[C@@H](Nc7ncc(Cl)c(-c8c[nH]c9ccccc89)n7)C6)CC5)CC4)cc3C2=O)C(=O)N1. The molecule has 0 aliphatic carbocycles. The highest BCUT2D eigenvalue weighted by molar-refractivity contribution is 6.33. The summed E-state index contributed by atoms with van der Waals surface area (Å²) in [6, 6.07) is 12.5. The third-order valence-electron chi connectivity index (χ3n) is 12.4. The van der Waals surface area contributed by atoms with E-state index in [9.17, 15) is 24.0 Å². The second kappa shape index (κ2) is 16.1. The van der Waals surface area contributed by atoms with Crippen LogP contribution in [0.5, 0.6) is 0 Å². The molecular weight excluding hydrogens is 760 g/mol. The molecule has 4 saturated heterocycles. The van der Waals surface area contributed by atoms with Crippen molar-refractivity contribution in [2.45, 2.75) is 50.6 Å². The molecule has 302 valence electrons. The highest BCUT2D eigenvalue weighted by Gasteiger charge is 2.45. The van der Waals surface area contributed by atoms with Gasteiger partial charge in [0.05, 0.1) is 34.6 Å².